The van der Waals surface area contributed by atoms with Crippen molar-refractivity contribution in [2.75, 3.05) is 20.3 Å². The number of urea groups is 1. The van der Waals surface area contributed by atoms with E-state index < -0.39 is 30.8 Å². The summed E-state index contributed by atoms with van der Waals surface area (Å²) < 4.78 is 55.0. The van der Waals surface area contributed by atoms with Gasteiger partial charge in [0.25, 0.3) is 12.3 Å². The third-order valence-electron chi connectivity index (χ3n) is 4.80. The molecule has 2 heterocycles. The molecule has 37 heavy (non-hydrogen) atoms. The Bertz CT molecular complexity index is 1280. The number of hydrogen-bond donors (Lipinski definition) is 2. The molecule has 3 amide bonds. The summed E-state index contributed by atoms with van der Waals surface area (Å²) in [5.74, 6) is -1.82. The molecule has 0 fully saturated rings. The minimum absolute atomic E-state index is 0.0349. The lowest BCUT2D eigenvalue weighted by Gasteiger charge is -2.21. The van der Waals surface area contributed by atoms with Crippen LogP contribution in [-0.2, 0) is 6.54 Å². The molecule has 3 aromatic rings. The minimum Gasteiger partial charge on any atom is -0.485 e. The second-order valence-electron chi connectivity index (χ2n) is 7.25. The van der Waals surface area contributed by atoms with E-state index in [9.17, 15) is 22.8 Å². The lowest BCUT2D eigenvalue weighted by atomic mass is 10.1. The zero-order chi connectivity index (χ0) is 27.1. The van der Waals surface area contributed by atoms with Gasteiger partial charge in [0.2, 0.25) is 5.76 Å². The van der Waals surface area contributed by atoms with E-state index in [0.717, 1.165) is 6.07 Å². The first-order valence-electron chi connectivity index (χ1n) is 10.5. The number of alkyl halides is 2. The van der Waals surface area contributed by atoms with Crippen LogP contribution >= 0.6 is 23.2 Å². The van der Waals surface area contributed by atoms with Crippen LogP contribution in [0.4, 0.5) is 18.0 Å². The second kappa shape index (κ2) is 12.5. The summed E-state index contributed by atoms with van der Waals surface area (Å²) in [4.78, 5) is 29.8. The summed E-state index contributed by atoms with van der Waals surface area (Å²) in [7, 11) is 1.34. The Morgan fingerprint density at radius 3 is 2.57 bits per heavy atom. The summed E-state index contributed by atoms with van der Waals surface area (Å²) in [5.41, 5.74) is 4.55. The van der Waals surface area contributed by atoms with Crippen LogP contribution in [0.3, 0.4) is 0 Å². The number of rotatable bonds is 9. The van der Waals surface area contributed by atoms with Crippen molar-refractivity contribution >= 4 is 35.1 Å². The average molecular weight is 562 g/mol. The number of nitrogens with one attached hydrogen (secondary N) is 2. The highest BCUT2D eigenvalue weighted by molar-refractivity contribution is 6.36. The van der Waals surface area contributed by atoms with Crippen molar-refractivity contribution in [1.29, 1.82) is 0 Å². The SMILES string of the molecule is CCN(Cc1ncc(-c2cc(Cl)cc(Cl)c2OCC(F)F)cc1F)C(=O)NNC(=O)c1cc(OC)no1. The largest absolute Gasteiger partial charge is 0.485 e. The van der Waals surface area contributed by atoms with E-state index in [2.05, 4.69) is 21.0 Å². The molecule has 0 bridgehead atoms. The van der Waals surface area contributed by atoms with Gasteiger partial charge in [0.15, 0.2) is 0 Å². The van der Waals surface area contributed by atoms with Gasteiger partial charge in [-0.05, 0) is 30.3 Å². The van der Waals surface area contributed by atoms with Crippen molar-refractivity contribution in [1.82, 2.24) is 25.9 Å². The van der Waals surface area contributed by atoms with Gasteiger partial charge >= 0.3 is 11.9 Å². The van der Waals surface area contributed by atoms with Crippen molar-refractivity contribution in [3.8, 4) is 22.8 Å². The summed E-state index contributed by atoms with van der Waals surface area (Å²) in [6.07, 6.45) is -1.49. The number of carbonyl (C=O) groups is 2. The molecule has 2 aromatic heterocycles. The maximum absolute atomic E-state index is 15.0. The Kier molecular flexibility index (Phi) is 9.42. The number of carbonyl (C=O) groups excluding carboxylic acids is 2. The van der Waals surface area contributed by atoms with Gasteiger partial charge in [-0.25, -0.2) is 23.4 Å². The molecule has 0 saturated heterocycles. The number of hydrazine groups is 1. The monoisotopic (exact) mass is 561 g/mol. The highest BCUT2D eigenvalue weighted by atomic mass is 35.5. The van der Waals surface area contributed by atoms with Crippen LogP contribution in [0.25, 0.3) is 11.1 Å². The third-order valence-corrected chi connectivity index (χ3v) is 5.30. The quantitative estimate of drug-likeness (QED) is 0.363. The van der Waals surface area contributed by atoms with E-state index >= 15 is 0 Å². The first-order chi connectivity index (χ1) is 17.6. The first kappa shape index (κ1) is 27.9. The fourth-order valence-electron chi connectivity index (χ4n) is 3.02. The summed E-state index contributed by atoms with van der Waals surface area (Å²) in [6, 6.07) is 4.24. The standard InChI is InChI=1S/C22H20Cl2F3N5O5/c1-3-32(22(34)30-29-21(33)17-7-19(35-2)31-37-17)9-16-15(25)4-11(8-28-16)13-5-12(23)6-14(24)20(13)36-10-18(26)27/h4-8,18H,3,9-10H2,1-2H3,(H,29,33)(H,30,34). The van der Waals surface area contributed by atoms with Crippen LogP contribution in [-0.4, -0.2) is 53.7 Å². The number of ether oxygens (including phenoxy) is 2. The summed E-state index contributed by atoms with van der Waals surface area (Å²) >= 11 is 12.1. The molecule has 15 heteroatoms. The lowest BCUT2D eigenvalue weighted by Crippen LogP contribution is -2.48. The van der Waals surface area contributed by atoms with Gasteiger partial charge in [0.1, 0.15) is 18.2 Å². The van der Waals surface area contributed by atoms with E-state index in [1.54, 1.807) is 6.92 Å². The van der Waals surface area contributed by atoms with Gasteiger partial charge < -0.3 is 18.9 Å². The van der Waals surface area contributed by atoms with Gasteiger partial charge in [0, 0.05) is 28.9 Å². The van der Waals surface area contributed by atoms with Gasteiger partial charge in [0.05, 0.1) is 30.4 Å². The van der Waals surface area contributed by atoms with Gasteiger partial charge in [-0.15, -0.1) is 0 Å². The van der Waals surface area contributed by atoms with Crippen molar-refractivity contribution in [2.24, 2.45) is 0 Å². The Morgan fingerprint density at radius 2 is 1.95 bits per heavy atom. The Hall–Kier alpha value is -3.71. The molecular formula is C22H20Cl2F3N5O5. The van der Waals surface area contributed by atoms with Crippen LogP contribution < -0.4 is 20.3 Å². The predicted octanol–water partition coefficient (Wildman–Crippen LogP) is 4.71. The average Bonchev–Trinajstić information content (AvgIpc) is 3.35. The molecule has 0 aliphatic heterocycles. The molecule has 0 saturated carbocycles. The molecule has 0 unspecified atom stereocenters. The van der Waals surface area contributed by atoms with Crippen LogP contribution in [0.1, 0.15) is 23.2 Å². The number of halogens is 5. The molecule has 1 aromatic carbocycles. The fourth-order valence-corrected chi connectivity index (χ4v) is 3.57. The maximum Gasteiger partial charge on any atom is 0.336 e. The van der Waals surface area contributed by atoms with E-state index in [0.29, 0.717) is 0 Å². The number of pyridine rings is 1. The van der Waals surface area contributed by atoms with Crippen LogP contribution in [0.5, 0.6) is 11.6 Å². The highest BCUT2D eigenvalue weighted by Crippen LogP contribution is 2.39. The van der Waals surface area contributed by atoms with Crippen LogP contribution in [0.2, 0.25) is 10.0 Å². The molecular weight excluding hydrogens is 542 g/mol. The molecule has 0 atom stereocenters. The van der Waals surface area contributed by atoms with Gasteiger partial charge in [-0.2, -0.15) is 0 Å². The fraction of sp³-hybridized carbons (Fsp3) is 0.273. The molecule has 198 valence electrons. The van der Waals surface area contributed by atoms with E-state index in [4.69, 9.17) is 37.2 Å². The summed E-state index contributed by atoms with van der Waals surface area (Å²) in [6.45, 7) is 0.584. The van der Waals surface area contributed by atoms with Crippen LogP contribution in [0, 0.1) is 5.82 Å². The smallest absolute Gasteiger partial charge is 0.336 e. The number of methoxy groups -OCH3 is 1. The highest BCUT2D eigenvalue weighted by Gasteiger charge is 2.20. The molecule has 10 nitrogen and oxygen atoms in total. The van der Waals surface area contributed by atoms with Crippen molar-refractivity contribution in [3.05, 3.63) is 57.8 Å². The molecule has 0 aliphatic rings. The van der Waals surface area contributed by atoms with Gasteiger partial charge in [-0.3, -0.25) is 15.2 Å². The lowest BCUT2D eigenvalue weighted by molar-refractivity contribution is 0.0822. The Balaban J connectivity index is 1.72. The number of hydrogen-bond acceptors (Lipinski definition) is 7. The van der Waals surface area contributed by atoms with Gasteiger partial charge in [-0.1, -0.05) is 23.2 Å². The second-order valence-corrected chi connectivity index (χ2v) is 8.09. The number of benzene rings is 1. The number of nitrogens with zero attached hydrogens (tertiary/aromatic N) is 3. The topological polar surface area (TPSA) is 119 Å². The third kappa shape index (κ3) is 7.17. The first-order valence-corrected chi connectivity index (χ1v) is 11.3. The van der Waals surface area contributed by atoms with E-state index in [-0.39, 0.29) is 57.3 Å². The van der Waals surface area contributed by atoms with Crippen molar-refractivity contribution < 1.29 is 36.8 Å². The molecule has 0 aliphatic carbocycles. The minimum atomic E-state index is -2.76. The molecule has 0 spiro atoms. The Morgan fingerprint density at radius 1 is 1.19 bits per heavy atom. The Labute approximate surface area is 218 Å². The number of amides is 3. The van der Waals surface area contributed by atoms with Crippen molar-refractivity contribution in [2.45, 2.75) is 19.9 Å². The van der Waals surface area contributed by atoms with Crippen LogP contribution in [0.15, 0.2) is 35.0 Å². The van der Waals surface area contributed by atoms with Crippen molar-refractivity contribution in [3.63, 3.8) is 0 Å². The molecule has 0 radical (unpaired) electrons. The zero-order valence-corrected chi connectivity index (χ0v) is 20.9. The normalized spacial score (nSPS) is 10.8. The van der Waals surface area contributed by atoms with E-state index in [1.807, 2.05) is 0 Å². The predicted molar refractivity (Wildman–Crippen MR) is 126 cm³/mol. The molecule has 2 N–H and O–H groups in total. The zero-order valence-electron chi connectivity index (χ0n) is 19.4. The molecule has 3 rings (SSSR count). The number of aromatic nitrogens is 2. The summed E-state index contributed by atoms with van der Waals surface area (Å²) in [5, 5.41) is 3.61. The maximum atomic E-state index is 15.0. The van der Waals surface area contributed by atoms with E-state index in [1.165, 1.54) is 36.4 Å².